The van der Waals surface area contributed by atoms with Crippen LogP contribution >= 0.6 is 11.6 Å². The van der Waals surface area contributed by atoms with Crippen LogP contribution in [0.15, 0.2) is 60.9 Å². The molecule has 0 saturated carbocycles. The van der Waals surface area contributed by atoms with Crippen molar-refractivity contribution in [1.29, 1.82) is 0 Å². The van der Waals surface area contributed by atoms with Crippen LogP contribution in [0.5, 0.6) is 0 Å². The van der Waals surface area contributed by atoms with E-state index in [0.29, 0.717) is 27.9 Å². The van der Waals surface area contributed by atoms with Crippen LogP contribution in [0, 0.1) is 0 Å². The Kier molecular flexibility index (Phi) is 5.14. The van der Waals surface area contributed by atoms with Gasteiger partial charge >= 0.3 is 0 Å². The van der Waals surface area contributed by atoms with Gasteiger partial charge in [0.25, 0.3) is 5.91 Å². The summed E-state index contributed by atoms with van der Waals surface area (Å²) in [6, 6.07) is 15.9. The average Bonchev–Trinajstić information content (AvgIpc) is 3.39. The first-order valence-electron chi connectivity index (χ1n) is 11.6. The van der Waals surface area contributed by atoms with Crippen LogP contribution in [0.1, 0.15) is 36.0 Å². The highest BCUT2D eigenvalue weighted by atomic mass is 35.5. The van der Waals surface area contributed by atoms with Gasteiger partial charge < -0.3 is 20.9 Å². The molecule has 172 valence electrons. The number of piperidine rings is 1. The summed E-state index contributed by atoms with van der Waals surface area (Å²) < 4.78 is 0. The third-order valence-electron chi connectivity index (χ3n) is 7.05. The highest BCUT2D eigenvalue weighted by Crippen LogP contribution is 2.38. The van der Waals surface area contributed by atoms with E-state index in [4.69, 9.17) is 22.3 Å². The summed E-state index contributed by atoms with van der Waals surface area (Å²) in [4.78, 5) is 27.8. The summed E-state index contributed by atoms with van der Waals surface area (Å²) in [6.45, 7) is 0. The zero-order valence-corrected chi connectivity index (χ0v) is 19.3. The first-order chi connectivity index (χ1) is 16.6. The first-order valence-corrected chi connectivity index (χ1v) is 12.0. The summed E-state index contributed by atoms with van der Waals surface area (Å²) in [6.07, 6.45) is 7.36. The predicted molar refractivity (Wildman–Crippen MR) is 135 cm³/mol. The summed E-state index contributed by atoms with van der Waals surface area (Å²) >= 11 is 6.49. The van der Waals surface area contributed by atoms with Crippen LogP contribution in [0.4, 0.5) is 11.6 Å². The number of carbonyl (C=O) groups is 1. The van der Waals surface area contributed by atoms with Crippen LogP contribution in [-0.4, -0.2) is 43.9 Å². The van der Waals surface area contributed by atoms with Crippen molar-refractivity contribution in [2.75, 3.05) is 11.1 Å². The van der Waals surface area contributed by atoms with Crippen LogP contribution in [0.3, 0.4) is 0 Å². The van der Waals surface area contributed by atoms with Crippen molar-refractivity contribution >= 4 is 40.0 Å². The van der Waals surface area contributed by atoms with Gasteiger partial charge in [-0.15, -0.1) is 0 Å². The van der Waals surface area contributed by atoms with Crippen molar-refractivity contribution in [2.24, 2.45) is 0 Å². The standard InChI is InChI=1S/C26H25ClN6O/c27-22-14-30-26(32-24(22)21-13-29-23-4-2-1-3-20(21)23)31-17-11-18-9-10-19(12-17)33(18)25(34)15-5-7-16(28)8-6-15/h1-8,13-14,17-19,29H,9-12,28H2,(H,30,31,32). The van der Waals surface area contributed by atoms with Gasteiger partial charge in [0.05, 0.1) is 16.9 Å². The lowest BCUT2D eigenvalue weighted by atomic mass is 9.96. The van der Waals surface area contributed by atoms with E-state index in [1.807, 2.05) is 36.5 Å². The highest BCUT2D eigenvalue weighted by molar-refractivity contribution is 6.33. The van der Waals surface area contributed by atoms with Gasteiger partial charge in [-0.3, -0.25) is 4.79 Å². The maximum Gasteiger partial charge on any atom is 0.254 e. The predicted octanol–water partition coefficient (Wildman–Crippen LogP) is 5.11. The lowest BCUT2D eigenvalue weighted by Gasteiger charge is -2.39. The first kappa shape index (κ1) is 21.0. The van der Waals surface area contributed by atoms with Crippen molar-refractivity contribution in [1.82, 2.24) is 19.9 Å². The van der Waals surface area contributed by atoms with E-state index in [1.54, 1.807) is 18.3 Å². The third-order valence-corrected chi connectivity index (χ3v) is 7.32. The largest absolute Gasteiger partial charge is 0.399 e. The lowest BCUT2D eigenvalue weighted by Crippen LogP contribution is -2.49. The molecule has 4 aromatic rings. The molecule has 0 aliphatic carbocycles. The molecule has 34 heavy (non-hydrogen) atoms. The van der Waals surface area contributed by atoms with Gasteiger partial charge in [-0.25, -0.2) is 9.97 Å². The number of hydrogen-bond acceptors (Lipinski definition) is 5. The number of fused-ring (bicyclic) bond motifs is 3. The molecule has 6 rings (SSSR count). The molecule has 7 nitrogen and oxygen atoms in total. The summed E-state index contributed by atoms with van der Waals surface area (Å²) in [5.41, 5.74) is 9.84. The van der Waals surface area contributed by atoms with E-state index in [0.717, 1.165) is 42.1 Å². The number of para-hydroxylation sites is 1. The number of nitrogens with one attached hydrogen (secondary N) is 2. The molecule has 2 unspecified atom stereocenters. The van der Waals surface area contributed by atoms with Crippen molar-refractivity contribution in [2.45, 2.75) is 43.8 Å². The number of hydrogen-bond donors (Lipinski definition) is 3. The SMILES string of the molecule is Nc1ccc(C(=O)N2C3CCC2CC(Nc2ncc(Cl)c(-c4c[nH]c5ccccc45)n2)C3)cc1. The molecule has 2 saturated heterocycles. The fourth-order valence-electron chi connectivity index (χ4n) is 5.48. The number of aromatic amines is 1. The molecule has 2 aliphatic heterocycles. The third kappa shape index (κ3) is 3.66. The number of benzene rings is 2. The molecule has 0 spiro atoms. The molecular formula is C26H25ClN6O. The molecule has 2 fully saturated rings. The highest BCUT2D eigenvalue weighted by Gasteiger charge is 2.43. The number of aromatic nitrogens is 3. The average molecular weight is 473 g/mol. The molecular weight excluding hydrogens is 448 g/mol. The second-order valence-corrected chi connectivity index (χ2v) is 9.58. The van der Waals surface area contributed by atoms with E-state index in [9.17, 15) is 4.79 Å². The maximum absolute atomic E-state index is 13.2. The van der Waals surface area contributed by atoms with E-state index in [1.165, 1.54) is 0 Å². The molecule has 4 heterocycles. The number of carbonyl (C=O) groups excluding carboxylic acids is 1. The number of rotatable bonds is 4. The number of amides is 1. The van der Waals surface area contributed by atoms with Gasteiger partial charge in [-0.1, -0.05) is 29.8 Å². The molecule has 4 N–H and O–H groups in total. The minimum atomic E-state index is 0.0929. The molecule has 8 heteroatoms. The van der Waals surface area contributed by atoms with Crippen LogP contribution in [0.25, 0.3) is 22.2 Å². The minimum absolute atomic E-state index is 0.0929. The Hall–Kier alpha value is -3.58. The molecule has 2 atom stereocenters. The van der Waals surface area contributed by atoms with Crippen LogP contribution < -0.4 is 11.1 Å². The number of halogens is 1. The molecule has 2 aliphatic rings. The quantitative estimate of drug-likeness (QED) is 0.358. The fraction of sp³-hybridized carbons (Fsp3) is 0.269. The zero-order chi connectivity index (χ0) is 23.2. The summed E-state index contributed by atoms with van der Waals surface area (Å²) in [5.74, 6) is 0.655. The van der Waals surface area contributed by atoms with Gasteiger partial charge in [-0.2, -0.15) is 0 Å². The Morgan fingerprint density at radius 2 is 1.82 bits per heavy atom. The summed E-state index contributed by atoms with van der Waals surface area (Å²) in [7, 11) is 0. The lowest BCUT2D eigenvalue weighted by molar-refractivity contribution is 0.0583. The Morgan fingerprint density at radius 1 is 1.09 bits per heavy atom. The van der Waals surface area contributed by atoms with Crippen LogP contribution in [-0.2, 0) is 0 Å². The molecule has 2 aromatic carbocycles. The van der Waals surface area contributed by atoms with Crippen LogP contribution in [0.2, 0.25) is 5.02 Å². The summed E-state index contributed by atoms with van der Waals surface area (Å²) in [5, 5.41) is 5.10. The number of H-pyrrole nitrogens is 1. The Bertz CT molecular complexity index is 1350. The Morgan fingerprint density at radius 3 is 2.59 bits per heavy atom. The maximum atomic E-state index is 13.2. The number of nitrogen functional groups attached to an aromatic ring is 1. The smallest absolute Gasteiger partial charge is 0.254 e. The topological polar surface area (TPSA) is 99.9 Å². The van der Waals surface area contributed by atoms with Gasteiger partial charge in [-0.05, 0) is 56.0 Å². The van der Waals surface area contributed by atoms with Gasteiger partial charge in [0, 0.05) is 52.0 Å². The van der Waals surface area contributed by atoms with E-state index >= 15 is 0 Å². The van der Waals surface area contributed by atoms with Gasteiger partial charge in [0.1, 0.15) is 0 Å². The second kappa shape index (κ2) is 8.33. The second-order valence-electron chi connectivity index (χ2n) is 9.17. The number of nitrogens with two attached hydrogens (primary N) is 1. The molecule has 2 bridgehead atoms. The zero-order valence-electron chi connectivity index (χ0n) is 18.5. The fourth-order valence-corrected chi connectivity index (χ4v) is 5.67. The molecule has 2 aromatic heterocycles. The molecule has 1 amide bonds. The Balaban J connectivity index is 1.21. The normalized spacial score (nSPS) is 21.7. The van der Waals surface area contributed by atoms with Gasteiger partial charge in [0.15, 0.2) is 0 Å². The van der Waals surface area contributed by atoms with E-state index < -0.39 is 0 Å². The minimum Gasteiger partial charge on any atom is -0.399 e. The van der Waals surface area contributed by atoms with Crippen molar-refractivity contribution in [3.8, 4) is 11.3 Å². The van der Waals surface area contributed by atoms with E-state index in [-0.39, 0.29) is 24.0 Å². The van der Waals surface area contributed by atoms with Crippen molar-refractivity contribution < 1.29 is 4.79 Å². The van der Waals surface area contributed by atoms with Crippen molar-refractivity contribution in [3.63, 3.8) is 0 Å². The monoisotopic (exact) mass is 472 g/mol. The number of nitrogens with zero attached hydrogens (tertiary/aromatic N) is 3. The van der Waals surface area contributed by atoms with Gasteiger partial charge in [0.2, 0.25) is 5.95 Å². The van der Waals surface area contributed by atoms with E-state index in [2.05, 4.69) is 26.3 Å². The molecule has 0 radical (unpaired) electrons. The van der Waals surface area contributed by atoms with Crippen molar-refractivity contribution in [3.05, 3.63) is 71.5 Å². The number of anilines is 2. The Labute approximate surface area is 202 Å².